The van der Waals surface area contributed by atoms with E-state index in [1.807, 2.05) is 21.0 Å². The molecule has 1 aromatic carbocycles. The lowest BCUT2D eigenvalue weighted by Gasteiger charge is -2.38. The molecule has 1 aromatic rings. The molecule has 1 aliphatic rings. The number of carbonyl (C=O) groups is 2. The zero-order valence-electron chi connectivity index (χ0n) is 17.8. The van der Waals surface area contributed by atoms with Crippen LogP contribution in [0.5, 0.6) is 0 Å². The second-order valence-corrected chi connectivity index (χ2v) is 8.18. The Balaban J connectivity index is 1.89. The lowest BCUT2D eigenvalue weighted by atomic mass is 9.81. The van der Waals surface area contributed by atoms with E-state index in [0.717, 1.165) is 25.1 Å². The number of rotatable bonds is 7. The number of anilines is 1. The van der Waals surface area contributed by atoms with Gasteiger partial charge >= 0.3 is 12.2 Å². The fourth-order valence-electron chi connectivity index (χ4n) is 3.73. The van der Waals surface area contributed by atoms with E-state index in [2.05, 4.69) is 10.6 Å². The van der Waals surface area contributed by atoms with E-state index in [1.54, 1.807) is 4.90 Å². The van der Waals surface area contributed by atoms with E-state index in [4.69, 9.17) is 0 Å². The molecule has 3 N–H and O–H groups in total. The summed E-state index contributed by atoms with van der Waals surface area (Å²) in [5, 5.41) is 5.51. The van der Waals surface area contributed by atoms with Gasteiger partial charge in [0.15, 0.2) is 0 Å². The largest absolute Gasteiger partial charge is 0.416 e. The molecule has 0 radical (unpaired) electrons. The minimum absolute atomic E-state index is 0.0292. The van der Waals surface area contributed by atoms with E-state index in [9.17, 15) is 22.8 Å². The maximum atomic E-state index is 12.9. The van der Waals surface area contributed by atoms with Gasteiger partial charge in [-0.25, -0.2) is 4.79 Å². The highest BCUT2D eigenvalue weighted by molar-refractivity contribution is 5.89. The van der Waals surface area contributed by atoms with Crippen LogP contribution in [-0.2, 0) is 11.0 Å². The van der Waals surface area contributed by atoms with E-state index in [-0.39, 0.29) is 23.4 Å². The van der Waals surface area contributed by atoms with Gasteiger partial charge in [-0.3, -0.25) is 4.79 Å². The summed E-state index contributed by atoms with van der Waals surface area (Å²) in [5.74, 6) is 0.400. The number of piperidine rings is 1. The topological polar surface area (TPSA) is 65.9 Å². The summed E-state index contributed by atoms with van der Waals surface area (Å²) in [5.41, 5.74) is -0.681. The van der Waals surface area contributed by atoms with Crippen LogP contribution in [0.1, 0.15) is 31.7 Å². The van der Waals surface area contributed by atoms with Crippen molar-refractivity contribution in [2.75, 3.05) is 45.6 Å². The molecule has 30 heavy (non-hydrogen) atoms. The number of likely N-dealkylation sites (N-methyl/N-ethyl adjacent to an activating group) is 1. The van der Waals surface area contributed by atoms with Gasteiger partial charge in [0.25, 0.3) is 0 Å². The average Bonchev–Trinajstić information content (AvgIpc) is 2.67. The van der Waals surface area contributed by atoms with Gasteiger partial charge in [0, 0.05) is 25.2 Å². The zero-order chi connectivity index (χ0) is 22.3. The Morgan fingerprint density at radius 2 is 1.97 bits per heavy atom. The molecule has 0 saturated carbocycles. The molecular weight excluding hydrogens is 397 g/mol. The summed E-state index contributed by atoms with van der Waals surface area (Å²) in [6.07, 6.45) is -2.50. The Bertz CT molecular complexity index is 724. The molecule has 1 heterocycles. The molecule has 0 unspecified atom stereocenters. The first-order valence-corrected chi connectivity index (χ1v) is 10.4. The van der Waals surface area contributed by atoms with Crippen molar-refractivity contribution in [3.8, 4) is 0 Å². The number of hydrogen-bond donors (Lipinski definition) is 3. The summed E-state index contributed by atoms with van der Waals surface area (Å²) in [6.45, 7) is 4.48. The molecule has 3 amide bonds. The van der Waals surface area contributed by atoms with Gasteiger partial charge < -0.3 is 20.4 Å². The van der Waals surface area contributed by atoms with Gasteiger partial charge in [-0.1, -0.05) is 19.4 Å². The maximum Gasteiger partial charge on any atom is 0.416 e. The second kappa shape index (κ2) is 10.7. The Hall–Kier alpha value is -2.29. The molecule has 9 heteroatoms. The first kappa shape index (κ1) is 24.0. The summed E-state index contributed by atoms with van der Waals surface area (Å²) in [7, 11) is 4.05. The number of nitrogens with one attached hydrogen (secondary N) is 3. The molecule has 2 atom stereocenters. The van der Waals surface area contributed by atoms with E-state index < -0.39 is 17.8 Å². The minimum atomic E-state index is -4.46. The highest BCUT2D eigenvalue weighted by Crippen LogP contribution is 2.32. The number of nitrogens with zero attached hydrogens (tertiary/aromatic N) is 1. The third-order valence-corrected chi connectivity index (χ3v) is 5.54. The number of likely N-dealkylation sites (tertiary alicyclic amines) is 1. The summed E-state index contributed by atoms with van der Waals surface area (Å²) in [6, 6.07) is 4.21. The van der Waals surface area contributed by atoms with Gasteiger partial charge in [-0.15, -0.1) is 0 Å². The van der Waals surface area contributed by atoms with Crippen LogP contribution in [0.25, 0.3) is 0 Å². The minimum Gasteiger partial charge on any atom is -0.350 e. The number of carbonyl (C=O) groups excluding carboxylic acids is 2. The van der Waals surface area contributed by atoms with Crippen molar-refractivity contribution < 1.29 is 27.7 Å². The highest BCUT2D eigenvalue weighted by Gasteiger charge is 2.33. The van der Waals surface area contributed by atoms with Gasteiger partial charge in [-0.05, 0) is 36.5 Å². The standard InChI is InChI=1S/C21H31F3N4O2/c1-4-15-14-28(10-8-16(15)12-19(29)25-9-11-27(2)3)20(30)26-18-7-5-6-17(13-18)21(22,23)24/h5-7,13,15-16H,4,8-12,14H2,1-3H3,(H,25,29)(H,26,30)/p+1/t15-,16-/m0/s1. The molecule has 168 valence electrons. The van der Waals surface area contributed by atoms with Crippen molar-refractivity contribution in [2.24, 2.45) is 11.8 Å². The maximum absolute atomic E-state index is 12.9. The van der Waals surface area contributed by atoms with Crippen molar-refractivity contribution in [1.29, 1.82) is 0 Å². The van der Waals surface area contributed by atoms with Crippen molar-refractivity contribution >= 4 is 17.6 Å². The Morgan fingerprint density at radius 1 is 1.23 bits per heavy atom. The molecule has 0 spiro atoms. The SMILES string of the molecule is CC[C@H]1CN(C(=O)Nc2cccc(C(F)(F)F)c2)CC[C@H]1CC(=O)NCC[NH+](C)C. The quantitative estimate of drug-likeness (QED) is 0.623. The van der Waals surface area contributed by atoms with Crippen molar-refractivity contribution in [3.05, 3.63) is 29.8 Å². The molecular formula is C21H32F3N4O2+. The van der Waals surface area contributed by atoms with Crippen LogP contribution in [-0.4, -0.2) is 57.1 Å². The fraction of sp³-hybridized carbons (Fsp3) is 0.619. The van der Waals surface area contributed by atoms with Crippen LogP contribution in [0, 0.1) is 11.8 Å². The fourth-order valence-corrected chi connectivity index (χ4v) is 3.73. The number of amides is 3. The van der Waals surface area contributed by atoms with Crippen LogP contribution >= 0.6 is 0 Å². The van der Waals surface area contributed by atoms with E-state index in [1.165, 1.54) is 17.0 Å². The van der Waals surface area contributed by atoms with Crippen molar-refractivity contribution in [1.82, 2.24) is 10.2 Å². The van der Waals surface area contributed by atoms with Gasteiger partial charge in [0.05, 0.1) is 32.7 Å². The first-order valence-electron chi connectivity index (χ1n) is 10.4. The number of quaternary nitrogens is 1. The van der Waals surface area contributed by atoms with Crippen LogP contribution in [0.3, 0.4) is 0 Å². The molecule has 0 bridgehead atoms. The Labute approximate surface area is 175 Å². The van der Waals surface area contributed by atoms with Gasteiger partial charge in [-0.2, -0.15) is 13.2 Å². The Kier molecular flexibility index (Phi) is 8.52. The van der Waals surface area contributed by atoms with E-state index >= 15 is 0 Å². The van der Waals surface area contributed by atoms with Crippen LogP contribution < -0.4 is 15.5 Å². The molecule has 6 nitrogen and oxygen atoms in total. The van der Waals surface area contributed by atoms with Gasteiger partial charge in [0.1, 0.15) is 0 Å². The lowest BCUT2D eigenvalue weighted by molar-refractivity contribution is -0.856. The molecule has 0 aromatic heterocycles. The predicted molar refractivity (Wildman–Crippen MR) is 109 cm³/mol. The first-order chi connectivity index (χ1) is 14.1. The highest BCUT2D eigenvalue weighted by atomic mass is 19.4. The number of alkyl halides is 3. The van der Waals surface area contributed by atoms with Crippen LogP contribution in [0.4, 0.5) is 23.7 Å². The predicted octanol–water partition coefficient (Wildman–Crippen LogP) is 2.24. The number of urea groups is 1. The molecule has 0 aliphatic carbocycles. The Morgan fingerprint density at radius 3 is 2.60 bits per heavy atom. The molecule has 1 fully saturated rings. The molecule has 1 aliphatic heterocycles. The van der Waals surface area contributed by atoms with E-state index in [0.29, 0.717) is 32.5 Å². The molecule has 1 saturated heterocycles. The summed E-state index contributed by atoms with van der Waals surface area (Å²) >= 11 is 0. The number of hydrogen-bond acceptors (Lipinski definition) is 2. The van der Waals surface area contributed by atoms with Crippen LogP contribution in [0.15, 0.2) is 24.3 Å². The van der Waals surface area contributed by atoms with Crippen molar-refractivity contribution in [2.45, 2.75) is 32.4 Å². The van der Waals surface area contributed by atoms with Gasteiger partial charge in [0.2, 0.25) is 5.91 Å². The third kappa shape index (κ3) is 7.19. The van der Waals surface area contributed by atoms with Crippen LogP contribution in [0.2, 0.25) is 0 Å². The van der Waals surface area contributed by atoms with Crippen molar-refractivity contribution in [3.63, 3.8) is 0 Å². The summed E-state index contributed by atoms with van der Waals surface area (Å²) in [4.78, 5) is 27.7. The summed E-state index contributed by atoms with van der Waals surface area (Å²) < 4.78 is 38.6. The number of benzene rings is 1. The normalized spacial score (nSPS) is 19.6. The number of halogens is 3. The average molecular weight is 430 g/mol. The zero-order valence-corrected chi connectivity index (χ0v) is 17.8. The smallest absolute Gasteiger partial charge is 0.350 e. The lowest BCUT2D eigenvalue weighted by Crippen LogP contribution is -3.06. The monoisotopic (exact) mass is 429 g/mol. The second-order valence-electron chi connectivity index (χ2n) is 8.18. The molecule has 2 rings (SSSR count). The third-order valence-electron chi connectivity index (χ3n) is 5.54.